The first-order chi connectivity index (χ1) is 15.0. The van der Waals surface area contributed by atoms with Gasteiger partial charge in [-0.05, 0) is 53.7 Å². The third kappa shape index (κ3) is 5.58. The number of benzene rings is 3. The van der Waals surface area contributed by atoms with Crippen molar-refractivity contribution >= 4 is 29.1 Å². The minimum atomic E-state index is -0.454. The van der Waals surface area contributed by atoms with Crippen LogP contribution in [0.4, 0.5) is 0 Å². The van der Waals surface area contributed by atoms with E-state index in [0.717, 1.165) is 11.1 Å². The molecule has 0 saturated carbocycles. The van der Waals surface area contributed by atoms with Crippen LogP contribution in [0, 0.1) is 0 Å². The molecule has 0 unspecified atom stereocenters. The van der Waals surface area contributed by atoms with Crippen LogP contribution in [0.1, 0.15) is 20.7 Å². The summed E-state index contributed by atoms with van der Waals surface area (Å²) in [5, 5.41) is 2.49. The van der Waals surface area contributed by atoms with Gasteiger partial charge in [-0.1, -0.05) is 42.5 Å². The number of methoxy groups -OCH3 is 2. The number of ether oxygens (including phenoxy) is 2. The molecule has 0 aliphatic rings. The zero-order valence-corrected chi connectivity index (χ0v) is 17.8. The molecule has 3 aromatic carbocycles. The van der Waals surface area contributed by atoms with Gasteiger partial charge in [-0.3, -0.25) is 25.8 Å². The standard InChI is InChI=1S/C23H21N3O4S/c1-29-19-13-12-18(14-20(19)30-2)22(28)25-26-23(31)24-21(27)17-10-8-16(9-11-17)15-6-4-3-5-7-15/h3-14H,1-2H3,(H,25,28)(H2,24,26,27,31). The lowest BCUT2D eigenvalue weighted by Crippen LogP contribution is -2.48. The van der Waals surface area contributed by atoms with Crippen molar-refractivity contribution in [1.82, 2.24) is 16.2 Å². The highest BCUT2D eigenvalue weighted by Gasteiger charge is 2.12. The molecular weight excluding hydrogens is 414 g/mol. The summed E-state index contributed by atoms with van der Waals surface area (Å²) >= 11 is 5.09. The van der Waals surface area contributed by atoms with Gasteiger partial charge in [0.1, 0.15) is 0 Å². The second kappa shape index (κ2) is 10.2. The Bertz CT molecular complexity index is 1090. The number of nitrogens with one attached hydrogen (secondary N) is 3. The molecule has 0 spiro atoms. The molecule has 0 fully saturated rings. The molecule has 31 heavy (non-hydrogen) atoms. The zero-order valence-electron chi connectivity index (χ0n) is 17.0. The molecule has 8 heteroatoms. The van der Waals surface area contributed by atoms with Gasteiger partial charge < -0.3 is 9.47 Å². The number of carbonyl (C=O) groups excluding carboxylic acids is 2. The highest BCUT2D eigenvalue weighted by molar-refractivity contribution is 7.80. The third-order valence-corrected chi connectivity index (χ3v) is 4.62. The highest BCUT2D eigenvalue weighted by Crippen LogP contribution is 2.27. The normalized spacial score (nSPS) is 10.0. The molecule has 0 atom stereocenters. The first-order valence-corrected chi connectivity index (χ1v) is 9.72. The van der Waals surface area contributed by atoms with Gasteiger partial charge in [0.15, 0.2) is 16.6 Å². The zero-order chi connectivity index (χ0) is 22.2. The average molecular weight is 436 g/mol. The van der Waals surface area contributed by atoms with E-state index in [0.29, 0.717) is 22.6 Å². The molecule has 0 aromatic heterocycles. The van der Waals surface area contributed by atoms with E-state index in [1.807, 2.05) is 42.5 Å². The molecule has 3 rings (SSSR count). The maximum Gasteiger partial charge on any atom is 0.269 e. The molecule has 2 amide bonds. The lowest BCUT2D eigenvalue weighted by Gasteiger charge is -2.12. The van der Waals surface area contributed by atoms with Crippen LogP contribution >= 0.6 is 12.2 Å². The SMILES string of the molecule is COc1ccc(C(=O)NNC(=S)NC(=O)c2ccc(-c3ccccc3)cc2)cc1OC. The monoisotopic (exact) mass is 435 g/mol. The number of hydrazine groups is 1. The Morgan fingerprint density at radius 1 is 0.710 bits per heavy atom. The van der Waals surface area contributed by atoms with Gasteiger partial charge in [0.05, 0.1) is 14.2 Å². The summed E-state index contributed by atoms with van der Waals surface area (Å²) in [6.45, 7) is 0. The van der Waals surface area contributed by atoms with E-state index in [1.54, 1.807) is 24.3 Å². The summed E-state index contributed by atoms with van der Waals surface area (Å²) in [6.07, 6.45) is 0. The van der Waals surface area contributed by atoms with Crippen LogP contribution in [-0.4, -0.2) is 31.1 Å². The van der Waals surface area contributed by atoms with Gasteiger partial charge in [-0.25, -0.2) is 0 Å². The Hall–Kier alpha value is -3.91. The minimum absolute atomic E-state index is 0.0361. The van der Waals surface area contributed by atoms with E-state index in [-0.39, 0.29) is 5.11 Å². The molecular formula is C23H21N3O4S. The summed E-state index contributed by atoms with van der Waals surface area (Å²) in [5.74, 6) is 0.0836. The Labute approximate surface area is 185 Å². The molecule has 3 aromatic rings. The number of carbonyl (C=O) groups is 2. The fourth-order valence-electron chi connectivity index (χ4n) is 2.81. The molecule has 0 aliphatic carbocycles. The maximum absolute atomic E-state index is 12.4. The summed E-state index contributed by atoms with van der Waals surface area (Å²) in [6, 6.07) is 21.7. The maximum atomic E-state index is 12.4. The smallest absolute Gasteiger partial charge is 0.269 e. The second-order valence-corrected chi connectivity index (χ2v) is 6.78. The third-order valence-electron chi connectivity index (χ3n) is 4.42. The van der Waals surface area contributed by atoms with Crippen molar-refractivity contribution in [3.63, 3.8) is 0 Å². The van der Waals surface area contributed by atoms with Crippen molar-refractivity contribution < 1.29 is 19.1 Å². The first-order valence-electron chi connectivity index (χ1n) is 9.31. The van der Waals surface area contributed by atoms with Gasteiger partial charge in [-0.15, -0.1) is 0 Å². The van der Waals surface area contributed by atoms with Crippen molar-refractivity contribution in [3.05, 3.63) is 83.9 Å². The Morgan fingerprint density at radius 2 is 1.32 bits per heavy atom. The Kier molecular flexibility index (Phi) is 7.18. The molecule has 0 aliphatic heterocycles. The summed E-state index contributed by atoms with van der Waals surface area (Å²) in [4.78, 5) is 24.7. The van der Waals surface area contributed by atoms with E-state index >= 15 is 0 Å². The fourth-order valence-corrected chi connectivity index (χ4v) is 2.96. The van der Waals surface area contributed by atoms with Crippen molar-refractivity contribution in [3.8, 4) is 22.6 Å². The second-order valence-electron chi connectivity index (χ2n) is 6.38. The van der Waals surface area contributed by atoms with Crippen LogP contribution in [0.3, 0.4) is 0 Å². The van der Waals surface area contributed by atoms with Crippen LogP contribution in [-0.2, 0) is 0 Å². The van der Waals surface area contributed by atoms with E-state index in [9.17, 15) is 9.59 Å². The predicted molar refractivity (Wildman–Crippen MR) is 122 cm³/mol. The van der Waals surface area contributed by atoms with Gasteiger partial charge in [0.2, 0.25) is 0 Å². The van der Waals surface area contributed by atoms with E-state index in [1.165, 1.54) is 20.3 Å². The van der Waals surface area contributed by atoms with Gasteiger partial charge in [0, 0.05) is 11.1 Å². The molecule has 0 bridgehead atoms. The molecule has 0 heterocycles. The first kappa shape index (κ1) is 21.8. The Morgan fingerprint density at radius 3 is 1.97 bits per heavy atom. The summed E-state index contributed by atoms with van der Waals surface area (Å²) in [5.41, 5.74) is 7.78. The topological polar surface area (TPSA) is 88.7 Å². The predicted octanol–water partition coefficient (Wildman–Crippen LogP) is 3.32. The Balaban J connectivity index is 1.54. The molecule has 0 saturated heterocycles. The van der Waals surface area contributed by atoms with Crippen LogP contribution in [0.2, 0.25) is 0 Å². The number of hydrogen-bond acceptors (Lipinski definition) is 5. The van der Waals surface area contributed by atoms with Crippen molar-refractivity contribution in [2.24, 2.45) is 0 Å². The van der Waals surface area contributed by atoms with Crippen LogP contribution in [0.15, 0.2) is 72.8 Å². The van der Waals surface area contributed by atoms with Gasteiger partial charge in [-0.2, -0.15) is 0 Å². The van der Waals surface area contributed by atoms with Crippen LogP contribution < -0.4 is 25.6 Å². The van der Waals surface area contributed by atoms with Crippen molar-refractivity contribution in [2.45, 2.75) is 0 Å². The lowest BCUT2D eigenvalue weighted by molar-refractivity contribution is 0.0934. The lowest BCUT2D eigenvalue weighted by atomic mass is 10.0. The van der Waals surface area contributed by atoms with E-state index < -0.39 is 11.8 Å². The van der Waals surface area contributed by atoms with E-state index in [4.69, 9.17) is 21.7 Å². The summed E-state index contributed by atoms with van der Waals surface area (Å²) < 4.78 is 10.3. The number of amides is 2. The van der Waals surface area contributed by atoms with Gasteiger partial charge >= 0.3 is 0 Å². The summed E-state index contributed by atoms with van der Waals surface area (Å²) in [7, 11) is 2.99. The number of rotatable bonds is 5. The minimum Gasteiger partial charge on any atom is -0.493 e. The molecule has 3 N–H and O–H groups in total. The molecule has 158 valence electrons. The number of thiocarbonyl (C=S) groups is 1. The van der Waals surface area contributed by atoms with Crippen LogP contribution in [0.25, 0.3) is 11.1 Å². The average Bonchev–Trinajstić information content (AvgIpc) is 2.82. The molecule has 7 nitrogen and oxygen atoms in total. The largest absolute Gasteiger partial charge is 0.493 e. The van der Waals surface area contributed by atoms with Crippen molar-refractivity contribution in [1.29, 1.82) is 0 Å². The fraction of sp³-hybridized carbons (Fsp3) is 0.0870. The number of hydrogen-bond donors (Lipinski definition) is 3. The van der Waals surface area contributed by atoms with Crippen LogP contribution in [0.5, 0.6) is 11.5 Å². The van der Waals surface area contributed by atoms with E-state index in [2.05, 4.69) is 16.2 Å². The highest BCUT2D eigenvalue weighted by atomic mass is 32.1. The quantitative estimate of drug-likeness (QED) is 0.421. The van der Waals surface area contributed by atoms with Crippen molar-refractivity contribution in [2.75, 3.05) is 14.2 Å². The van der Waals surface area contributed by atoms with Gasteiger partial charge in [0.25, 0.3) is 11.8 Å². The molecule has 0 radical (unpaired) electrons.